The molecule has 1 atom stereocenters. The maximum absolute atomic E-state index is 12.1. The van der Waals surface area contributed by atoms with Crippen molar-refractivity contribution < 1.29 is 9.53 Å². The van der Waals surface area contributed by atoms with Gasteiger partial charge in [-0.3, -0.25) is 4.68 Å². The molecule has 0 bridgehead atoms. The van der Waals surface area contributed by atoms with Crippen LogP contribution in [0.2, 0.25) is 0 Å². The predicted molar refractivity (Wildman–Crippen MR) is 76.5 cm³/mol. The van der Waals surface area contributed by atoms with Crippen LogP contribution in [0.5, 0.6) is 0 Å². The summed E-state index contributed by atoms with van der Waals surface area (Å²) in [4.78, 5) is 13.9. The number of aryl methyl sites for hydroxylation is 1. The highest BCUT2D eigenvalue weighted by atomic mass is 16.6. The van der Waals surface area contributed by atoms with Crippen LogP contribution >= 0.6 is 0 Å². The van der Waals surface area contributed by atoms with Gasteiger partial charge in [-0.25, -0.2) is 4.79 Å². The fourth-order valence-electron chi connectivity index (χ4n) is 2.34. The van der Waals surface area contributed by atoms with Crippen molar-refractivity contribution in [2.45, 2.75) is 45.9 Å². The lowest BCUT2D eigenvalue weighted by Gasteiger charge is -2.35. The molecule has 1 aliphatic heterocycles. The van der Waals surface area contributed by atoms with Crippen molar-refractivity contribution in [1.82, 2.24) is 20.0 Å². The molecule has 0 spiro atoms. The van der Waals surface area contributed by atoms with Gasteiger partial charge in [0, 0.05) is 32.4 Å². The summed E-state index contributed by atoms with van der Waals surface area (Å²) in [6.45, 7) is 10.6. The first kappa shape index (κ1) is 14.8. The van der Waals surface area contributed by atoms with E-state index in [2.05, 4.69) is 17.3 Å². The van der Waals surface area contributed by atoms with Crippen molar-refractivity contribution in [1.29, 1.82) is 0 Å². The third-order valence-corrected chi connectivity index (χ3v) is 3.23. The number of rotatable bonds is 2. The molecule has 6 heteroatoms. The zero-order chi connectivity index (χ0) is 14.8. The number of hydrogen-bond donors (Lipinski definition) is 1. The smallest absolute Gasteiger partial charge is 0.410 e. The quantitative estimate of drug-likeness (QED) is 0.897. The largest absolute Gasteiger partial charge is 0.444 e. The molecule has 1 fully saturated rings. The Morgan fingerprint density at radius 1 is 1.55 bits per heavy atom. The molecular formula is C14H24N4O2. The van der Waals surface area contributed by atoms with Crippen LogP contribution in [0.1, 0.15) is 39.4 Å². The highest BCUT2D eigenvalue weighted by Crippen LogP contribution is 2.19. The van der Waals surface area contributed by atoms with Crippen molar-refractivity contribution in [3.8, 4) is 0 Å². The Hall–Kier alpha value is -1.56. The number of nitrogens with one attached hydrogen (secondary N) is 1. The van der Waals surface area contributed by atoms with Gasteiger partial charge in [0.05, 0.1) is 11.7 Å². The molecule has 1 aromatic rings. The van der Waals surface area contributed by atoms with Gasteiger partial charge in [0.25, 0.3) is 0 Å². The molecule has 1 unspecified atom stereocenters. The molecule has 1 saturated heterocycles. The molecule has 0 radical (unpaired) electrons. The van der Waals surface area contributed by atoms with E-state index in [0.29, 0.717) is 13.1 Å². The van der Waals surface area contributed by atoms with Crippen molar-refractivity contribution in [3.63, 3.8) is 0 Å². The Morgan fingerprint density at radius 3 is 2.95 bits per heavy atom. The Kier molecular flexibility index (Phi) is 4.32. The number of nitrogens with zero attached hydrogens (tertiary/aromatic N) is 3. The van der Waals surface area contributed by atoms with Gasteiger partial charge in [0.15, 0.2) is 0 Å². The van der Waals surface area contributed by atoms with E-state index in [9.17, 15) is 4.79 Å². The van der Waals surface area contributed by atoms with E-state index in [4.69, 9.17) is 4.74 Å². The summed E-state index contributed by atoms with van der Waals surface area (Å²) in [5.41, 5.74) is 0.656. The van der Waals surface area contributed by atoms with Crippen LogP contribution in [0.15, 0.2) is 12.3 Å². The summed E-state index contributed by atoms with van der Waals surface area (Å²) in [6, 6.07) is 2.11. The second-order valence-corrected chi connectivity index (χ2v) is 6.00. The summed E-state index contributed by atoms with van der Waals surface area (Å²) >= 11 is 0. The first-order valence-electron chi connectivity index (χ1n) is 7.13. The zero-order valence-electron chi connectivity index (χ0n) is 12.7. The van der Waals surface area contributed by atoms with E-state index in [1.165, 1.54) is 0 Å². The third-order valence-electron chi connectivity index (χ3n) is 3.23. The number of amides is 1. The van der Waals surface area contributed by atoms with E-state index in [-0.39, 0.29) is 12.1 Å². The van der Waals surface area contributed by atoms with Gasteiger partial charge >= 0.3 is 6.09 Å². The second kappa shape index (κ2) is 5.83. The number of carbonyl (C=O) groups excluding carboxylic acids is 1. The van der Waals surface area contributed by atoms with E-state index < -0.39 is 5.60 Å². The molecule has 1 aromatic heterocycles. The van der Waals surface area contributed by atoms with Crippen molar-refractivity contribution in [2.24, 2.45) is 0 Å². The van der Waals surface area contributed by atoms with Crippen molar-refractivity contribution >= 4 is 6.09 Å². The molecule has 112 valence electrons. The highest BCUT2D eigenvalue weighted by molar-refractivity contribution is 5.68. The SMILES string of the molecule is CCn1nccc1C1CN(C(=O)OC(C)(C)C)CCN1. The molecule has 20 heavy (non-hydrogen) atoms. The van der Waals surface area contributed by atoms with Crippen LogP contribution in [-0.2, 0) is 11.3 Å². The molecule has 2 rings (SSSR count). The van der Waals surface area contributed by atoms with Crippen LogP contribution in [0.25, 0.3) is 0 Å². The predicted octanol–water partition coefficient (Wildman–Crippen LogP) is 1.78. The molecular weight excluding hydrogens is 256 g/mol. The normalized spacial score (nSPS) is 20.0. The second-order valence-electron chi connectivity index (χ2n) is 6.00. The summed E-state index contributed by atoms with van der Waals surface area (Å²) in [6.07, 6.45) is 1.55. The van der Waals surface area contributed by atoms with E-state index >= 15 is 0 Å². The number of aromatic nitrogens is 2. The molecule has 6 nitrogen and oxygen atoms in total. The van der Waals surface area contributed by atoms with Crippen LogP contribution in [0, 0.1) is 0 Å². The van der Waals surface area contributed by atoms with E-state index in [1.54, 1.807) is 11.1 Å². The van der Waals surface area contributed by atoms with Gasteiger partial charge in [-0.2, -0.15) is 5.10 Å². The Morgan fingerprint density at radius 2 is 2.30 bits per heavy atom. The Labute approximate surface area is 120 Å². The molecule has 0 saturated carbocycles. The van der Waals surface area contributed by atoms with Gasteiger partial charge < -0.3 is 15.0 Å². The maximum atomic E-state index is 12.1. The van der Waals surface area contributed by atoms with E-state index in [1.807, 2.05) is 31.5 Å². The van der Waals surface area contributed by atoms with Crippen LogP contribution in [0.3, 0.4) is 0 Å². The summed E-state index contributed by atoms with van der Waals surface area (Å²) in [7, 11) is 0. The summed E-state index contributed by atoms with van der Waals surface area (Å²) < 4.78 is 7.39. The van der Waals surface area contributed by atoms with Crippen LogP contribution < -0.4 is 5.32 Å². The van der Waals surface area contributed by atoms with E-state index in [0.717, 1.165) is 18.8 Å². The number of ether oxygens (including phenoxy) is 1. The first-order chi connectivity index (χ1) is 9.40. The van der Waals surface area contributed by atoms with Gasteiger partial charge in [0.1, 0.15) is 5.60 Å². The lowest BCUT2D eigenvalue weighted by Crippen LogP contribution is -2.50. The van der Waals surface area contributed by atoms with Gasteiger partial charge in [0.2, 0.25) is 0 Å². The fraction of sp³-hybridized carbons (Fsp3) is 0.714. The van der Waals surface area contributed by atoms with Gasteiger partial charge in [-0.15, -0.1) is 0 Å². The lowest BCUT2D eigenvalue weighted by molar-refractivity contribution is 0.0192. The molecule has 0 aliphatic carbocycles. The minimum atomic E-state index is -0.456. The summed E-state index contributed by atoms with van der Waals surface area (Å²) in [5.74, 6) is 0. The van der Waals surface area contributed by atoms with Crippen LogP contribution in [0.4, 0.5) is 4.79 Å². The topological polar surface area (TPSA) is 59.4 Å². The first-order valence-corrected chi connectivity index (χ1v) is 7.13. The summed E-state index contributed by atoms with van der Waals surface area (Å²) in [5, 5.41) is 7.71. The average Bonchev–Trinajstić information content (AvgIpc) is 2.85. The minimum absolute atomic E-state index is 0.110. The molecule has 0 aromatic carbocycles. The molecule has 1 aliphatic rings. The number of carbonyl (C=O) groups is 1. The standard InChI is InChI=1S/C14H24N4O2/c1-5-18-12(6-7-16-18)11-10-17(9-8-15-11)13(19)20-14(2,3)4/h6-7,11,15H,5,8-10H2,1-4H3. The van der Waals surface area contributed by atoms with Crippen LogP contribution in [-0.4, -0.2) is 46.0 Å². The zero-order valence-corrected chi connectivity index (χ0v) is 12.7. The fourth-order valence-corrected chi connectivity index (χ4v) is 2.34. The average molecular weight is 280 g/mol. The molecule has 1 amide bonds. The monoisotopic (exact) mass is 280 g/mol. The molecule has 1 N–H and O–H groups in total. The third kappa shape index (κ3) is 3.50. The number of piperazine rings is 1. The Balaban J connectivity index is 2.03. The minimum Gasteiger partial charge on any atom is -0.444 e. The maximum Gasteiger partial charge on any atom is 0.410 e. The highest BCUT2D eigenvalue weighted by Gasteiger charge is 2.29. The number of hydrogen-bond acceptors (Lipinski definition) is 4. The van der Waals surface area contributed by atoms with Gasteiger partial charge in [-0.05, 0) is 33.8 Å². The Bertz CT molecular complexity index is 464. The lowest BCUT2D eigenvalue weighted by atomic mass is 10.1. The molecule has 2 heterocycles. The van der Waals surface area contributed by atoms with Crippen molar-refractivity contribution in [2.75, 3.05) is 19.6 Å². The van der Waals surface area contributed by atoms with Gasteiger partial charge in [-0.1, -0.05) is 0 Å². The van der Waals surface area contributed by atoms with Crippen molar-refractivity contribution in [3.05, 3.63) is 18.0 Å².